The maximum absolute atomic E-state index is 13.7. The largest absolute Gasteiger partial charge is 0.369 e. The van der Waals surface area contributed by atoms with Crippen molar-refractivity contribution in [1.29, 1.82) is 0 Å². The number of aryl methyl sites for hydroxylation is 3. The maximum Gasteiger partial charge on any atom is 0.322 e. The number of nitrogens with zero attached hydrogens (tertiary/aromatic N) is 3. The van der Waals surface area contributed by atoms with Gasteiger partial charge < -0.3 is 20.0 Å². The average molecular weight is 463 g/mol. The third-order valence-corrected chi connectivity index (χ3v) is 7.59. The van der Waals surface area contributed by atoms with Crippen LogP contribution in [0.4, 0.5) is 16.2 Å². The molecule has 1 heterocycles. The summed E-state index contributed by atoms with van der Waals surface area (Å²) in [4.78, 5) is 20.6. The van der Waals surface area contributed by atoms with Crippen LogP contribution in [0.25, 0.3) is 0 Å². The van der Waals surface area contributed by atoms with Crippen LogP contribution in [0, 0.1) is 20.8 Å². The van der Waals surface area contributed by atoms with Crippen molar-refractivity contribution >= 4 is 17.4 Å². The molecule has 4 rings (SSSR count). The Morgan fingerprint density at radius 2 is 1.50 bits per heavy atom. The summed E-state index contributed by atoms with van der Waals surface area (Å²) in [6, 6.07) is 13.5. The molecule has 5 nitrogen and oxygen atoms in total. The number of carbonyl (C=O) groups is 1. The van der Waals surface area contributed by atoms with E-state index < -0.39 is 0 Å². The van der Waals surface area contributed by atoms with E-state index >= 15 is 0 Å². The summed E-state index contributed by atoms with van der Waals surface area (Å²) < 4.78 is 0. The minimum atomic E-state index is 0.0325. The highest BCUT2D eigenvalue weighted by Gasteiger charge is 2.26. The van der Waals surface area contributed by atoms with Crippen molar-refractivity contribution in [3.63, 3.8) is 0 Å². The lowest BCUT2D eigenvalue weighted by Gasteiger charge is -2.34. The first-order valence-electron chi connectivity index (χ1n) is 13.1. The molecular formula is C29H42N4O. The number of hydrogen-bond acceptors (Lipinski definition) is 3. The van der Waals surface area contributed by atoms with Gasteiger partial charge in [-0.25, -0.2) is 4.79 Å². The van der Waals surface area contributed by atoms with Crippen molar-refractivity contribution in [1.82, 2.24) is 9.80 Å². The third kappa shape index (κ3) is 6.12. The molecule has 2 aliphatic rings. The smallest absolute Gasteiger partial charge is 0.322 e. The highest BCUT2D eigenvalue weighted by Crippen LogP contribution is 2.27. The molecule has 5 heteroatoms. The van der Waals surface area contributed by atoms with Crippen LogP contribution in [0.5, 0.6) is 0 Å². The van der Waals surface area contributed by atoms with E-state index in [9.17, 15) is 4.79 Å². The number of nitrogens with one attached hydrogen (secondary N) is 1. The fraction of sp³-hybridized carbons (Fsp3) is 0.552. The van der Waals surface area contributed by atoms with Gasteiger partial charge in [0.15, 0.2) is 0 Å². The molecule has 2 aromatic rings. The van der Waals surface area contributed by atoms with Crippen LogP contribution in [0.3, 0.4) is 0 Å². The second-order valence-electron chi connectivity index (χ2n) is 10.4. The summed E-state index contributed by atoms with van der Waals surface area (Å²) in [5.74, 6) is 0. The predicted molar refractivity (Wildman–Crippen MR) is 143 cm³/mol. The Morgan fingerprint density at radius 1 is 0.912 bits per heavy atom. The van der Waals surface area contributed by atoms with Gasteiger partial charge in [-0.3, -0.25) is 0 Å². The first-order valence-corrected chi connectivity index (χ1v) is 13.1. The molecule has 1 N–H and O–H groups in total. The monoisotopic (exact) mass is 462 g/mol. The van der Waals surface area contributed by atoms with Gasteiger partial charge in [0.05, 0.1) is 0 Å². The summed E-state index contributed by atoms with van der Waals surface area (Å²) in [6.45, 7) is 11.3. The molecule has 184 valence electrons. The summed E-state index contributed by atoms with van der Waals surface area (Å²) in [5, 5.41) is 3.29. The molecule has 1 saturated heterocycles. The number of likely N-dealkylation sites (N-methyl/N-ethyl adjacent to an activating group) is 1. The first-order chi connectivity index (χ1) is 16.4. The fourth-order valence-electron chi connectivity index (χ4n) is 5.57. The molecule has 0 radical (unpaired) electrons. The third-order valence-electron chi connectivity index (χ3n) is 7.59. The molecule has 1 aliphatic heterocycles. The number of carbonyl (C=O) groups excluding carboxylic acids is 1. The predicted octanol–water partition coefficient (Wildman–Crippen LogP) is 6.12. The van der Waals surface area contributed by atoms with E-state index in [4.69, 9.17) is 0 Å². The fourth-order valence-corrected chi connectivity index (χ4v) is 5.57. The molecule has 0 spiro atoms. The van der Waals surface area contributed by atoms with E-state index in [-0.39, 0.29) is 6.03 Å². The molecule has 1 aliphatic carbocycles. The zero-order valence-corrected chi connectivity index (χ0v) is 21.6. The molecule has 2 amide bonds. The Bertz CT molecular complexity index is 932. The van der Waals surface area contributed by atoms with Crippen molar-refractivity contribution in [2.75, 3.05) is 43.4 Å². The Labute approximate surface area is 206 Å². The van der Waals surface area contributed by atoms with Crippen LogP contribution in [0.15, 0.2) is 36.4 Å². The Kier molecular flexibility index (Phi) is 8.15. The normalized spacial score (nSPS) is 17.9. The second-order valence-corrected chi connectivity index (χ2v) is 10.4. The van der Waals surface area contributed by atoms with Gasteiger partial charge in [0.1, 0.15) is 0 Å². The minimum Gasteiger partial charge on any atom is -0.369 e. The van der Waals surface area contributed by atoms with Gasteiger partial charge in [-0.05, 0) is 69.5 Å². The van der Waals surface area contributed by atoms with E-state index in [2.05, 4.69) is 84.2 Å². The van der Waals surface area contributed by atoms with Crippen molar-refractivity contribution in [3.8, 4) is 0 Å². The van der Waals surface area contributed by atoms with Gasteiger partial charge in [0.2, 0.25) is 0 Å². The van der Waals surface area contributed by atoms with Crippen LogP contribution in [0.2, 0.25) is 0 Å². The van der Waals surface area contributed by atoms with Crippen LogP contribution < -0.4 is 10.2 Å². The van der Waals surface area contributed by atoms with E-state index in [1.54, 1.807) is 0 Å². The lowest BCUT2D eigenvalue weighted by Crippen LogP contribution is -2.44. The summed E-state index contributed by atoms with van der Waals surface area (Å²) in [5.41, 5.74) is 6.93. The van der Waals surface area contributed by atoms with Gasteiger partial charge in [0, 0.05) is 50.1 Å². The minimum absolute atomic E-state index is 0.0325. The van der Waals surface area contributed by atoms with E-state index in [1.807, 2.05) is 0 Å². The summed E-state index contributed by atoms with van der Waals surface area (Å²) in [7, 11) is 2.19. The number of amides is 2. The van der Waals surface area contributed by atoms with Crippen LogP contribution in [-0.4, -0.2) is 55.1 Å². The SMILES string of the molecule is Cc1cc(C)c(NC(=O)N(Cc2ccc(N3CCN(C)CC3)cc2)C2CCCCCC2)c(C)c1. The number of urea groups is 1. The number of hydrogen-bond donors (Lipinski definition) is 1. The van der Waals surface area contributed by atoms with Crippen molar-refractivity contribution in [2.45, 2.75) is 71.9 Å². The van der Waals surface area contributed by atoms with Crippen molar-refractivity contribution < 1.29 is 4.79 Å². The van der Waals surface area contributed by atoms with Crippen molar-refractivity contribution in [3.05, 3.63) is 58.7 Å². The number of rotatable bonds is 5. The Balaban J connectivity index is 1.51. The molecule has 1 saturated carbocycles. The Hall–Kier alpha value is -2.53. The second kappa shape index (κ2) is 11.3. The molecule has 0 aromatic heterocycles. The van der Waals surface area contributed by atoms with E-state index in [0.29, 0.717) is 12.6 Å². The van der Waals surface area contributed by atoms with Gasteiger partial charge in [-0.1, -0.05) is 55.5 Å². The number of piperazine rings is 1. The van der Waals surface area contributed by atoms with Gasteiger partial charge in [-0.15, -0.1) is 0 Å². The molecular weight excluding hydrogens is 420 g/mol. The Morgan fingerprint density at radius 3 is 2.09 bits per heavy atom. The van der Waals surface area contributed by atoms with E-state index in [0.717, 1.165) is 55.8 Å². The number of benzene rings is 2. The van der Waals surface area contributed by atoms with E-state index in [1.165, 1.54) is 42.5 Å². The molecule has 34 heavy (non-hydrogen) atoms. The van der Waals surface area contributed by atoms with Gasteiger partial charge in [-0.2, -0.15) is 0 Å². The lowest BCUT2D eigenvalue weighted by atomic mass is 10.0. The van der Waals surface area contributed by atoms with Crippen LogP contribution in [0.1, 0.15) is 60.8 Å². The molecule has 2 fully saturated rings. The zero-order valence-electron chi connectivity index (χ0n) is 21.6. The standard InChI is InChI=1S/C29H42N4O/c1-22-19-23(2)28(24(3)20-22)30-29(34)33(27-9-7-5-6-8-10-27)21-25-11-13-26(14-12-25)32-17-15-31(4)16-18-32/h11-14,19-20,27H,5-10,15-18,21H2,1-4H3,(H,30,34). The number of anilines is 2. The van der Waals surface area contributed by atoms with Gasteiger partial charge in [0.25, 0.3) is 0 Å². The highest BCUT2D eigenvalue weighted by atomic mass is 16.2. The van der Waals surface area contributed by atoms with Crippen molar-refractivity contribution in [2.24, 2.45) is 0 Å². The zero-order chi connectivity index (χ0) is 24.1. The summed E-state index contributed by atoms with van der Waals surface area (Å²) >= 11 is 0. The highest BCUT2D eigenvalue weighted by molar-refractivity contribution is 5.91. The van der Waals surface area contributed by atoms with Gasteiger partial charge >= 0.3 is 6.03 Å². The van der Waals surface area contributed by atoms with Crippen LogP contribution in [-0.2, 0) is 6.54 Å². The average Bonchev–Trinajstić information content (AvgIpc) is 3.10. The topological polar surface area (TPSA) is 38.8 Å². The molecule has 2 aromatic carbocycles. The quantitative estimate of drug-likeness (QED) is 0.544. The molecule has 0 atom stereocenters. The molecule has 0 unspecified atom stereocenters. The summed E-state index contributed by atoms with van der Waals surface area (Å²) in [6.07, 6.45) is 7.17. The van der Waals surface area contributed by atoms with Crippen LogP contribution >= 0.6 is 0 Å². The maximum atomic E-state index is 13.7. The lowest BCUT2D eigenvalue weighted by molar-refractivity contribution is 0.175. The first kappa shape index (κ1) is 24.6. The molecule has 0 bridgehead atoms.